The van der Waals surface area contributed by atoms with E-state index in [1.807, 2.05) is 6.07 Å². The van der Waals surface area contributed by atoms with Crippen LogP contribution in [-0.2, 0) is 17.8 Å². The number of thioether (sulfide) groups is 1. The van der Waals surface area contributed by atoms with E-state index in [1.54, 1.807) is 36.5 Å². The highest BCUT2D eigenvalue weighted by Crippen LogP contribution is 2.24. The summed E-state index contributed by atoms with van der Waals surface area (Å²) in [5.41, 5.74) is 1.92. The quantitative estimate of drug-likeness (QED) is 0.616. The van der Waals surface area contributed by atoms with Gasteiger partial charge in [-0.3, -0.25) is 24.6 Å². The Hall–Kier alpha value is -3.04. The van der Waals surface area contributed by atoms with E-state index in [-0.39, 0.29) is 35.2 Å². The number of hydrogen-bond donors (Lipinski definition) is 1. The standard InChI is InChI=1S/C21H16FN3O3S2/c22-16-6-2-3-13(8-16)9-17-10-23-20(30-17)24-19(27)15-5-1-4-14(7-15)11-25-18(26)12-29-21(25)28/h1-8,10H,9,11-12H2,(H,23,24,27). The maximum atomic E-state index is 13.3. The normalized spacial score (nSPS) is 13.7. The van der Waals surface area contributed by atoms with Gasteiger partial charge >= 0.3 is 0 Å². The minimum Gasteiger partial charge on any atom is -0.298 e. The first kappa shape index (κ1) is 20.2. The monoisotopic (exact) mass is 441 g/mol. The molecule has 30 heavy (non-hydrogen) atoms. The molecule has 0 unspecified atom stereocenters. The van der Waals surface area contributed by atoms with E-state index < -0.39 is 0 Å². The molecule has 9 heteroatoms. The van der Waals surface area contributed by atoms with E-state index in [1.165, 1.54) is 28.4 Å². The van der Waals surface area contributed by atoms with Gasteiger partial charge in [0.25, 0.3) is 11.1 Å². The molecule has 6 nitrogen and oxygen atoms in total. The minimum absolute atomic E-state index is 0.140. The van der Waals surface area contributed by atoms with Crippen LogP contribution in [0, 0.1) is 5.82 Å². The fourth-order valence-corrected chi connectivity index (χ4v) is 4.56. The smallest absolute Gasteiger partial charge is 0.289 e. The van der Waals surface area contributed by atoms with Gasteiger partial charge in [-0.1, -0.05) is 36.0 Å². The molecule has 1 aliphatic rings. The highest BCUT2D eigenvalue weighted by atomic mass is 32.2. The molecule has 0 spiro atoms. The Labute approximate surface area is 180 Å². The van der Waals surface area contributed by atoms with Crippen molar-refractivity contribution >= 4 is 45.3 Å². The van der Waals surface area contributed by atoms with Crippen molar-refractivity contribution in [1.29, 1.82) is 0 Å². The van der Waals surface area contributed by atoms with Crippen LogP contribution in [0.25, 0.3) is 0 Å². The summed E-state index contributed by atoms with van der Waals surface area (Å²) in [7, 11) is 0. The van der Waals surface area contributed by atoms with Gasteiger partial charge in [0.05, 0.1) is 12.3 Å². The number of aromatic nitrogens is 1. The second-order valence-electron chi connectivity index (χ2n) is 6.63. The van der Waals surface area contributed by atoms with Gasteiger partial charge in [0.1, 0.15) is 5.82 Å². The van der Waals surface area contributed by atoms with Crippen LogP contribution in [0.4, 0.5) is 14.3 Å². The highest BCUT2D eigenvalue weighted by molar-refractivity contribution is 8.14. The summed E-state index contributed by atoms with van der Waals surface area (Å²) in [5.74, 6) is -0.701. The number of rotatable bonds is 6. The molecule has 1 saturated heterocycles. The summed E-state index contributed by atoms with van der Waals surface area (Å²) in [6.45, 7) is 0.140. The fraction of sp³-hybridized carbons (Fsp3) is 0.143. The van der Waals surface area contributed by atoms with Crippen LogP contribution in [-0.4, -0.2) is 32.7 Å². The highest BCUT2D eigenvalue weighted by Gasteiger charge is 2.29. The van der Waals surface area contributed by atoms with Gasteiger partial charge in [-0.2, -0.15) is 0 Å². The molecular weight excluding hydrogens is 425 g/mol. The number of thiazole rings is 1. The van der Waals surface area contributed by atoms with Gasteiger partial charge in [0.15, 0.2) is 5.13 Å². The molecule has 0 atom stereocenters. The number of anilines is 1. The molecule has 3 amide bonds. The van der Waals surface area contributed by atoms with E-state index >= 15 is 0 Å². The molecular formula is C21H16FN3O3S2. The van der Waals surface area contributed by atoms with Crippen LogP contribution in [0.1, 0.15) is 26.4 Å². The van der Waals surface area contributed by atoms with Crippen LogP contribution in [0.3, 0.4) is 0 Å². The molecule has 4 rings (SSSR count). The lowest BCUT2D eigenvalue weighted by Crippen LogP contribution is -2.28. The molecule has 0 saturated carbocycles. The van der Waals surface area contributed by atoms with Crippen molar-refractivity contribution in [2.24, 2.45) is 0 Å². The molecule has 0 aliphatic carbocycles. The molecule has 1 fully saturated rings. The van der Waals surface area contributed by atoms with Gasteiger partial charge in [-0.25, -0.2) is 9.37 Å². The zero-order valence-electron chi connectivity index (χ0n) is 15.6. The first-order valence-corrected chi connectivity index (χ1v) is 10.8. The maximum absolute atomic E-state index is 13.3. The van der Waals surface area contributed by atoms with Gasteiger partial charge < -0.3 is 0 Å². The number of imide groups is 1. The van der Waals surface area contributed by atoms with Crippen LogP contribution < -0.4 is 5.32 Å². The minimum atomic E-state index is -0.336. The number of carbonyl (C=O) groups is 3. The van der Waals surface area contributed by atoms with Gasteiger partial charge in [-0.15, -0.1) is 11.3 Å². The average Bonchev–Trinajstić information content (AvgIpc) is 3.29. The number of hydrogen-bond acceptors (Lipinski definition) is 6. The van der Waals surface area contributed by atoms with Gasteiger partial charge in [-0.05, 0) is 35.4 Å². The summed E-state index contributed by atoms with van der Waals surface area (Å²) >= 11 is 2.30. The number of carbonyl (C=O) groups excluding carboxylic acids is 3. The second kappa shape index (κ2) is 8.76. The van der Waals surface area contributed by atoms with Crippen molar-refractivity contribution in [2.45, 2.75) is 13.0 Å². The van der Waals surface area contributed by atoms with Gasteiger partial charge in [0.2, 0.25) is 5.91 Å². The van der Waals surface area contributed by atoms with E-state index in [0.717, 1.165) is 22.2 Å². The first-order valence-electron chi connectivity index (χ1n) is 9.04. The molecule has 0 radical (unpaired) electrons. The third-order valence-corrected chi connectivity index (χ3v) is 6.18. The van der Waals surface area contributed by atoms with Crippen molar-refractivity contribution in [1.82, 2.24) is 9.88 Å². The Morgan fingerprint density at radius 3 is 2.70 bits per heavy atom. The van der Waals surface area contributed by atoms with Crippen LogP contribution in [0.5, 0.6) is 0 Å². The van der Waals surface area contributed by atoms with Crippen molar-refractivity contribution < 1.29 is 18.8 Å². The maximum Gasteiger partial charge on any atom is 0.289 e. The predicted octanol–water partition coefficient (Wildman–Crippen LogP) is 4.32. The summed E-state index contributed by atoms with van der Waals surface area (Å²) in [5, 5.41) is 2.93. The summed E-state index contributed by atoms with van der Waals surface area (Å²) in [6.07, 6.45) is 2.18. The van der Waals surface area contributed by atoms with Gasteiger partial charge in [0, 0.05) is 23.1 Å². The lowest BCUT2D eigenvalue weighted by atomic mass is 10.1. The molecule has 1 aromatic heterocycles. The van der Waals surface area contributed by atoms with Crippen molar-refractivity contribution in [3.8, 4) is 0 Å². The number of nitrogens with zero attached hydrogens (tertiary/aromatic N) is 2. The molecule has 3 aromatic rings. The van der Waals surface area contributed by atoms with E-state index in [0.29, 0.717) is 22.7 Å². The summed E-state index contributed by atoms with van der Waals surface area (Å²) in [4.78, 5) is 42.4. The van der Waals surface area contributed by atoms with Crippen LogP contribution in [0.15, 0.2) is 54.7 Å². The molecule has 1 aliphatic heterocycles. The third-order valence-electron chi connectivity index (χ3n) is 4.41. The summed E-state index contributed by atoms with van der Waals surface area (Å²) < 4.78 is 13.3. The molecule has 2 heterocycles. The Bertz CT molecular complexity index is 1120. The number of amides is 3. The Morgan fingerprint density at radius 2 is 1.93 bits per heavy atom. The third kappa shape index (κ3) is 4.74. The average molecular weight is 442 g/mol. The van der Waals surface area contributed by atoms with Crippen molar-refractivity contribution in [3.05, 3.63) is 82.1 Å². The SMILES string of the molecule is O=C(Nc1ncc(Cc2cccc(F)c2)s1)c1cccc(CN2C(=O)CSC2=O)c1. The van der Waals surface area contributed by atoms with Crippen molar-refractivity contribution in [2.75, 3.05) is 11.1 Å². The van der Waals surface area contributed by atoms with E-state index in [2.05, 4.69) is 10.3 Å². The Kier molecular flexibility index (Phi) is 5.91. The molecule has 2 aromatic carbocycles. The largest absolute Gasteiger partial charge is 0.298 e. The van der Waals surface area contributed by atoms with E-state index in [4.69, 9.17) is 0 Å². The van der Waals surface area contributed by atoms with Crippen molar-refractivity contribution in [3.63, 3.8) is 0 Å². The van der Waals surface area contributed by atoms with E-state index in [9.17, 15) is 18.8 Å². The van der Waals surface area contributed by atoms with Crippen LogP contribution in [0.2, 0.25) is 0 Å². The zero-order chi connectivity index (χ0) is 21.1. The number of benzene rings is 2. The zero-order valence-corrected chi connectivity index (χ0v) is 17.3. The number of halogens is 1. The molecule has 0 bridgehead atoms. The molecule has 1 N–H and O–H groups in total. The molecule has 152 valence electrons. The topological polar surface area (TPSA) is 79.4 Å². The summed E-state index contributed by atoms with van der Waals surface area (Å²) in [6, 6.07) is 13.1. The first-order chi connectivity index (χ1) is 14.5. The van der Waals surface area contributed by atoms with Crippen LogP contribution >= 0.6 is 23.1 Å². The Morgan fingerprint density at radius 1 is 1.13 bits per heavy atom. The Balaban J connectivity index is 1.41. The second-order valence-corrected chi connectivity index (χ2v) is 8.67. The lowest BCUT2D eigenvalue weighted by Gasteiger charge is -2.13. The predicted molar refractivity (Wildman–Crippen MR) is 114 cm³/mol. The number of nitrogens with one attached hydrogen (secondary N) is 1. The lowest BCUT2D eigenvalue weighted by molar-refractivity contribution is -0.125. The fourth-order valence-electron chi connectivity index (χ4n) is 2.99.